The van der Waals surface area contributed by atoms with Crippen molar-refractivity contribution in [3.8, 4) is 0 Å². The molecule has 1 aliphatic rings. The maximum Gasteiger partial charge on any atom is 0.257 e. The van der Waals surface area contributed by atoms with E-state index < -0.39 is 0 Å². The molecule has 0 saturated carbocycles. The molecular formula is C26H22N2O2. The monoisotopic (exact) mass is 394 g/mol. The number of aromatic nitrogens is 1. The van der Waals surface area contributed by atoms with Crippen LogP contribution in [0.5, 0.6) is 0 Å². The molecule has 0 radical (unpaired) electrons. The lowest BCUT2D eigenvalue weighted by molar-refractivity contribution is 0.0941. The number of amides is 1. The van der Waals surface area contributed by atoms with Gasteiger partial charge in [0, 0.05) is 18.1 Å². The molecule has 5 rings (SSSR count). The summed E-state index contributed by atoms with van der Waals surface area (Å²) < 4.78 is 2.06. The maximum absolute atomic E-state index is 13.3. The predicted molar refractivity (Wildman–Crippen MR) is 119 cm³/mol. The molecule has 0 saturated heterocycles. The Kier molecular flexibility index (Phi) is 4.68. The third-order valence-electron chi connectivity index (χ3n) is 5.81. The zero-order chi connectivity index (χ0) is 20.5. The summed E-state index contributed by atoms with van der Waals surface area (Å²) in [6.07, 6.45) is 3.70. The third kappa shape index (κ3) is 3.20. The second-order valence-electron chi connectivity index (χ2n) is 7.71. The van der Waals surface area contributed by atoms with E-state index in [1.807, 2.05) is 72.8 Å². The molecule has 1 aliphatic heterocycles. The van der Waals surface area contributed by atoms with Crippen LogP contribution in [0.4, 0.5) is 0 Å². The standard InChI is InChI=1S/C26H22N2O2/c29-25-21-15-7-13-20-14-8-16-28(24(20)21)17-22(25)26(30)27-23(18-9-3-1-4-10-18)19-11-5-2-6-12-19/h1-7,9-13,15,17,23H,8,14,16H2,(H,27,30). The molecule has 1 aromatic heterocycles. The number of pyridine rings is 1. The number of nitrogens with one attached hydrogen (secondary N) is 1. The summed E-state index contributed by atoms with van der Waals surface area (Å²) in [5.74, 6) is -0.348. The Labute approximate surface area is 174 Å². The summed E-state index contributed by atoms with van der Waals surface area (Å²) in [5.41, 5.74) is 4.08. The zero-order valence-electron chi connectivity index (χ0n) is 16.5. The summed E-state index contributed by atoms with van der Waals surface area (Å²) in [6.45, 7) is 0.814. The molecule has 1 amide bonds. The Hall–Kier alpha value is -3.66. The van der Waals surface area contributed by atoms with Crippen molar-refractivity contribution >= 4 is 16.8 Å². The Balaban J connectivity index is 1.58. The van der Waals surface area contributed by atoms with Gasteiger partial charge in [0.25, 0.3) is 5.91 Å². The molecule has 4 aromatic rings. The van der Waals surface area contributed by atoms with Crippen LogP contribution in [0.3, 0.4) is 0 Å². The minimum atomic E-state index is -0.348. The minimum absolute atomic E-state index is 0.193. The molecule has 148 valence electrons. The molecule has 4 nitrogen and oxygen atoms in total. The Morgan fingerprint density at radius 3 is 2.20 bits per heavy atom. The van der Waals surface area contributed by atoms with Crippen LogP contribution in [-0.2, 0) is 13.0 Å². The predicted octanol–water partition coefficient (Wildman–Crippen LogP) is 4.47. The van der Waals surface area contributed by atoms with E-state index in [0.29, 0.717) is 5.39 Å². The van der Waals surface area contributed by atoms with Gasteiger partial charge in [-0.3, -0.25) is 9.59 Å². The Morgan fingerprint density at radius 1 is 0.867 bits per heavy atom. The summed E-state index contributed by atoms with van der Waals surface area (Å²) >= 11 is 0. The summed E-state index contributed by atoms with van der Waals surface area (Å²) in [5, 5.41) is 3.72. The first-order chi connectivity index (χ1) is 14.7. The van der Waals surface area contributed by atoms with E-state index in [1.165, 1.54) is 5.56 Å². The lowest BCUT2D eigenvalue weighted by Crippen LogP contribution is -2.34. The smallest absolute Gasteiger partial charge is 0.257 e. The van der Waals surface area contributed by atoms with Crippen LogP contribution in [-0.4, -0.2) is 10.5 Å². The van der Waals surface area contributed by atoms with Crippen molar-refractivity contribution in [3.63, 3.8) is 0 Å². The fraction of sp³-hybridized carbons (Fsp3) is 0.154. The molecule has 0 unspecified atom stereocenters. The highest BCUT2D eigenvalue weighted by atomic mass is 16.2. The largest absolute Gasteiger partial charge is 0.346 e. The molecule has 1 N–H and O–H groups in total. The molecule has 4 heteroatoms. The van der Waals surface area contributed by atoms with Gasteiger partial charge in [0.15, 0.2) is 0 Å². The van der Waals surface area contributed by atoms with Crippen molar-refractivity contribution in [2.45, 2.75) is 25.4 Å². The summed E-state index contributed by atoms with van der Waals surface area (Å²) in [6, 6.07) is 25.1. The van der Waals surface area contributed by atoms with Gasteiger partial charge in [0.2, 0.25) is 5.43 Å². The SMILES string of the molecule is O=C(NC(c1ccccc1)c1ccccc1)c1cn2c3c(cccc3c1=O)CCC2. The van der Waals surface area contributed by atoms with Gasteiger partial charge in [0.1, 0.15) is 5.56 Å². The Bertz CT molecular complexity index is 1240. The van der Waals surface area contributed by atoms with Gasteiger partial charge in [-0.25, -0.2) is 0 Å². The van der Waals surface area contributed by atoms with Crippen LogP contribution in [0.1, 0.15) is 39.5 Å². The first-order valence-corrected chi connectivity index (χ1v) is 10.3. The van der Waals surface area contributed by atoms with Crippen molar-refractivity contribution in [1.82, 2.24) is 9.88 Å². The number of benzene rings is 3. The van der Waals surface area contributed by atoms with Gasteiger partial charge < -0.3 is 9.88 Å². The molecule has 3 aromatic carbocycles. The van der Waals surface area contributed by atoms with Gasteiger partial charge in [0.05, 0.1) is 11.6 Å². The fourth-order valence-electron chi connectivity index (χ4n) is 4.38. The van der Waals surface area contributed by atoms with E-state index >= 15 is 0 Å². The van der Waals surface area contributed by atoms with E-state index in [0.717, 1.165) is 36.0 Å². The van der Waals surface area contributed by atoms with E-state index in [-0.39, 0.29) is 22.9 Å². The van der Waals surface area contributed by atoms with Crippen LogP contribution in [0, 0.1) is 0 Å². The molecule has 30 heavy (non-hydrogen) atoms. The number of para-hydroxylation sites is 1. The summed E-state index contributed by atoms with van der Waals surface area (Å²) in [7, 11) is 0. The number of rotatable bonds is 4. The van der Waals surface area contributed by atoms with Crippen molar-refractivity contribution in [3.05, 3.63) is 118 Å². The van der Waals surface area contributed by atoms with Gasteiger partial charge in [-0.2, -0.15) is 0 Å². The average Bonchev–Trinajstić information content (AvgIpc) is 2.81. The highest BCUT2D eigenvalue weighted by Crippen LogP contribution is 2.25. The normalized spacial score (nSPS) is 12.8. The van der Waals surface area contributed by atoms with Crippen molar-refractivity contribution < 1.29 is 4.79 Å². The van der Waals surface area contributed by atoms with Gasteiger partial charge in [-0.1, -0.05) is 72.8 Å². The summed E-state index contributed by atoms with van der Waals surface area (Å²) in [4.78, 5) is 26.5. The lowest BCUT2D eigenvalue weighted by Gasteiger charge is -2.22. The topological polar surface area (TPSA) is 51.1 Å². The minimum Gasteiger partial charge on any atom is -0.346 e. The zero-order valence-corrected chi connectivity index (χ0v) is 16.5. The molecular weight excluding hydrogens is 372 g/mol. The van der Waals surface area contributed by atoms with Crippen LogP contribution in [0.2, 0.25) is 0 Å². The highest BCUT2D eigenvalue weighted by Gasteiger charge is 2.22. The number of hydrogen-bond acceptors (Lipinski definition) is 2. The van der Waals surface area contributed by atoms with Crippen LogP contribution >= 0.6 is 0 Å². The molecule has 0 fully saturated rings. The number of aryl methyl sites for hydroxylation is 2. The number of hydrogen-bond donors (Lipinski definition) is 1. The van der Waals surface area contributed by atoms with Crippen LogP contribution in [0.25, 0.3) is 10.9 Å². The number of carbonyl (C=O) groups is 1. The van der Waals surface area contributed by atoms with Crippen molar-refractivity contribution in [2.75, 3.05) is 0 Å². The number of nitrogens with zero attached hydrogens (tertiary/aromatic N) is 1. The van der Waals surface area contributed by atoms with E-state index in [2.05, 4.69) is 16.0 Å². The van der Waals surface area contributed by atoms with E-state index in [4.69, 9.17) is 0 Å². The quantitative estimate of drug-likeness (QED) is 0.555. The maximum atomic E-state index is 13.3. The van der Waals surface area contributed by atoms with Crippen molar-refractivity contribution in [2.24, 2.45) is 0 Å². The first kappa shape index (κ1) is 18.4. The van der Waals surface area contributed by atoms with E-state index in [1.54, 1.807) is 6.20 Å². The fourth-order valence-corrected chi connectivity index (χ4v) is 4.38. The molecule has 0 bridgehead atoms. The lowest BCUT2D eigenvalue weighted by atomic mass is 9.97. The van der Waals surface area contributed by atoms with Gasteiger partial charge >= 0.3 is 0 Å². The van der Waals surface area contributed by atoms with Crippen LogP contribution in [0.15, 0.2) is 89.9 Å². The Morgan fingerprint density at radius 2 is 1.53 bits per heavy atom. The second kappa shape index (κ2) is 7.64. The molecule has 0 atom stereocenters. The van der Waals surface area contributed by atoms with Gasteiger partial charge in [-0.15, -0.1) is 0 Å². The van der Waals surface area contributed by atoms with Gasteiger partial charge in [-0.05, 0) is 35.6 Å². The average molecular weight is 394 g/mol. The molecule has 2 heterocycles. The van der Waals surface area contributed by atoms with Crippen LogP contribution < -0.4 is 10.7 Å². The number of carbonyl (C=O) groups excluding carboxylic acids is 1. The molecule has 0 aliphatic carbocycles. The highest BCUT2D eigenvalue weighted by molar-refractivity contribution is 5.98. The third-order valence-corrected chi connectivity index (χ3v) is 5.81. The molecule has 0 spiro atoms. The first-order valence-electron chi connectivity index (χ1n) is 10.3. The van der Waals surface area contributed by atoms with E-state index in [9.17, 15) is 9.59 Å². The second-order valence-corrected chi connectivity index (χ2v) is 7.71. The van der Waals surface area contributed by atoms with Crippen molar-refractivity contribution in [1.29, 1.82) is 0 Å².